The van der Waals surface area contributed by atoms with Gasteiger partial charge in [0.2, 0.25) is 11.0 Å². The maximum atomic E-state index is 13.6. The summed E-state index contributed by atoms with van der Waals surface area (Å²) in [7, 11) is 0.995. The Hall–Kier alpha value is -2.14. The molecular formula is C13H5F5N4S2. The van der Waals surface area contributed by atoms with Crippen LogP contribution in [0.4, 0.5) is 22.0 Å². The van der Waals surface area contributed by atoms with Crippen LogP contribution in [0.2, 0.25) is 0 Å². The first kappa shape index (κ1) is 16.7. The van der Waals surface area contributed by atoms with Gasteiger partial charge >= 0.3 is 0 Å². The molecule has 3 aromatic rings. The zero-order chi connectivity index (χ0) is 17.3. The third kappa shape index (κ3) is 2.96. The van der Waals surface area contributed by atoms with Crippen LogP contribution in [0.1, 0.15) is 0 Å². The van der Waals surface area contributed by atoms with E-state index >= 15 is 0 Å². The predicted octanol–water partition coefficient (Wildman–Crippen LogP) is 4.16. The van der Waals surface area contributed by atoms with E-state index in [1.165, 1.54) is 4.68 Å². The topological polar surface area (TPSA) is 43.6 Å². The van der Waals surface area contributed by atoms with Crippen LogP contribution in [0, 0.1) is 29.1 Å². The second-order valence-corrected chi connectivity index (χ2v) is 6.38. The van der Waals surface area contributed by atoms with Crippen LogP contribution in [0.25, 0.3) is 5.69 Å². The fourth-order valence-electron chi connectivity index (χ4n) is 1.70. The first-order chi connectivity index (χ1) is 11.5. The van der Waals surface area contributed by atoms with Crippen molar-refractivity contribution in [2.24, 2.45) is 0 Å². The van der Waals surface area contributed by atoms with Gasteiger partial charge in [-0.25, -0.2) is 22.0 Å². The van der Waals surface area contributed by atoms with Gasteiger partial charge in [-0.3, -0.25) is 0 Å². The lowest BCUT2D eigenvalue weighted by molar-refractivity contribution is 0.361. The Bertz CT molecular complexity index is 859. The molecule has 0 radical (unpaired) electrons. The Balaban J connectivity index is 1.90. The van der Waals surface area contributed by atoms with E-state index in [0.717, 1.165) is 0 Å². The first-order valence-electron chi connectivity index (χ1n) is 6.20. The maximum absolute atomic E-state index is 13.6. The first-order valence-corrected chi connectivity index (χ1v) is 8.35. The van der Waals surface area contributed by atoms with Gasteiger partial charge in [-0.2, -0.15) is 4.68 Å². The van der Waals surface area contributed by atoms with E-state index < -0.39 is 34.0 Å². The van der Waals surface area contributed by atoms with Gasteiger partial charge in [-0.1, -0.05) is 18.2 Å². The largest absolute Gasteiger partial charge is 0.225 e. The summed E-state index contributed by atoms with van der Waals surface area (Å²) in [6.07, 6.45) is 0. The van der Waals surface area contributed by atoms with Crippen LogP contribution in [0.5, 0.6) is 0 Å². The molecule has 0 aliphatic heterocycles. The second kappa shape index (κ2) is 6.77. The van der Waals surface area contributed by atoms with Crippen molar-refractivity contribution in [1.82, 2.24) is 20.2 Å². The fraction of sp³-hybridized carbons (Fsp3) is 0. The molecule has 3 rings (SSSR count). The van der Waals surface area contributed by atoms with E-state index in [9.17, 15) is 22.0 Å². The molecule has 0 saturated carbocycles. The average molecular weight is 376 g/mol. The van der Waals surface area contributed by atoms with Crippen LogP contribution in [-0.4, -0.2) is 20.2 Å². The number of benzene rings is 2. The van der Waals surface area contributed by atoms with Gasteiger partial charge in [0, 0.05) is 0 Å². The summed E-state index contributed by atoms with van der Waals surface area (Å²) in [6.45, 7) is 0. The third-order valence-electron chi connectivity index (χ3n) is 2.81. The van der Waals surface area contributed by atoms with E-state index in [2.05, 4.69) is 15.5 Å². The van der Waals surface area contributed by atoms with Gasteiger partial charge in [-0.05, 0) is 44.1 Å². The number of nitrogens with zero attached hydrogens (tertiary/aromatic N) is 4. The monoisotopic (exact) mass is 376 g/mol. The summed E-state index contributed by atoms with van der Waals surface area (Å²) in [4.78, 5) is -1.01. The van der Waals surface area contributed by atoms with Crippen LogP contribution in [-0.2, 0) is 0 Å². The smallest absolute Gasteiger partial charge is 0.202 e. The lowest BCUT2D eigenvalue weighted by Gasteiger charge is -2.07. The van der Waals surface area contributed by atoms with E-state index in [-0.39, 0.29) is 5.16 Å². The van der Waals surface area contributed by atoms with Gasteiger partial charge < -0.3 is 0 Å². The minimum atomic E-state index is -2.20. The lowest BCUT2D eigenvalue weighted by Crippen LogP contribution is -2.03. The zero-order valence-corrected chi connectivity index (χ0v) is 13.0. The standard InChI is InChI=1S/C13H5F5N4S2/c14-7-8(15)10(17)12(11(18)9(7)16)23-24-13-19-20-21-22(13)6-4-2-1-3-5-6/h1-5H. The van der Waals surface area contributed by atoms with E-state index in [0.29, 0.717) is 27.3 Å². The molecule has 0 saturated heterocycles. The molecule has 1 heterocycles. The molecule has 4 nitrogen and oxygen atoms in total. The molecule has 2 aromatic carbocycles. The summed E-state index contributed by atoms with van der Waals surface area (Å²) >= 11 is 0. The Morgan fingerprint density at radius 2 is 1.33 bits per heavy atom. The highest BCUT2D eigenvalue weighted by molar-refractivity contribution is 8.76. The van der Waals surface area contributed by atoms with Gasteiger partial charge in [-0.15, -0.1) is 5.10 Å². The highest BCUT2D eigenvalue weighted by Gasteiger charge is 2.27. The van der Waals surface area contributed by atoms with E-state index in [4.69, 9.17) is 0 Å². The molecule has 0 unspecified atom stereocenters. The Morgan fingerprint density at radius 1 is 0.750 bits per heavy atom. The molecule has 0 fully saturated rings. The summed E-state index contributed by atoms with van der Waals surface area (Å²) in [5.41, 5.74) is 0.572. The quantitative estimate of drug-likeness (QED) is 0.296. The summed E-state index contributed by atoms with van der Waals surface area (Å²) in [5.74, 6) is -10.0. The third-order valence-corrected chi connectivity index (χ3v) is 5.02. The van der Waals surface area contributed by atoms with Gasteiger partial charge in [0.05, 0.1) is 10.6 Å². The number of para-hydroxylation sites is 1. The van der Waals surface area contributed by atoms with Crippen molar-refractivity contribution in [3.8, 4) is 5.69 Å². The van der Waals surface area contributed by atoms with Crippen LogP contribution in [0.15, 0.2) is 40.4 Å². The minimum Gasteiger partial charge on any atom is -0.202 e. The molecule has 0 N–H and O–H groups in total. The normalized spacial score (nSPS) is 11.0. The van der Waals surface area contributed by atoms with Crippen molar-refractivity contribution in [3.05, 3.63) is 59.4 Å². The molecule has 11 heteroatoms. The predicted molar refractivity (Wildman–Crippen MR) is 77.1 cm³/mol. The van der Waals surface area contributed by atoms with Crippen molar-refractivity contribution in [3.63, 3.8) is 0 Å². The Labute approximate surface area is 139 Å². The van der Waals surface area contributed by atoms with Crippen molar-refractivity contribution in [2.45, 2.75) is 10.1 Å². The van der Waals surface area contributed by atoms with Crippen molar-refractivity contribution in [1.29, 1.82) is 0 Å². The Kier molecular flexibility index (Phi) is 4.71. The number of hydrogen-bond donors (Lipinski definition) is 0. The van der Waals surface area contributed by atoms with Crippen LogP contribution < -0.4 is 0 Å². The molecule has 0 spiro atoms. The Morgan fingerprint density at radius 3 is 1.96 bits per heavy atom. The van der Waals surface area contributed by atoms with Crippen LogP contribution in [0.3, 0.4) is 0 Å². The molecule has 1 aromatic heterocycles. The molecule has 24 heavy (non-hydrogen) atoms. The highest BCUT2D eigenvalue weighted by Crippen LogP contribution is 2.41. The lowest BCUT2D eigenvalue weighted by atomic mass is 10.3. The fourth-order valence-corrected chi connectivity index (χ4v) is 3.69. The molecule has 0 aliphatic carbocycles. The van der Waals surface area contributed by atoms with E-state index in [1.807, 2.05) is 0 Å². The SMILES string of the molecule is Fc1c(F)c(F)c(SSc2nnnn2-c2ccccc2)c(F)c1F. The van der Waals surface area contributed by atoms with Gasteiger partial charge in [0.15, 0.2) is 23.3 Å². The number of hydrogen-bond acceptors (Lipinski definition) is 5. The van der Waals surface area contributed by atoms with Gasteiger partial charge in [0.1, 0.15) is 0 Å². The van der Waals surface area contributed by atoms with Gasteiger partial charge in [0.25, 0.3) is 0 Å². The number of tetrazole rings is 1. The zero-order valence-electron chi connectivity index (χ0n) is 11.4. The number of halogens is 5. The van der Waals surface area contributed by atoms with E-state index in [1.54, 1.807) is 30.3 Å². The molecule has 0 bridgehead atoms. The molecular weight excluding hydrogens is 371 g/mol. The number of rotatable bonds is 4. The molecule has 124 valence electrons. The second-order valence-electron chi connectivity index (χ2n) is 4.27. The molecule has 0 aliphatic rings. The molecule has 0 amide bonds. The van der Waals surface area contributed by atoms with Crippen molar-refractivity contribution in [2.75, 3.05) is 0 Å². The maximum Gasteiger partial charge on any atom is 0.225 e. The summed E-state index contributed by atoms with van der Waals surface area (Å²) in [5, 5.41) is 10.9. The highest BCUT2D eigenvalue weighted by atomic mass is 33.1. The number of aromatic nitrogens is 4. The van der Waals surface area contributed by atoms with Crippen molar-refractivity contribution < 1.29 is 22.0 Å². The average Bonchev–Trinajstić information content (AvgIpc) is 3.07. The summed E-state index contributed by atoms with van der Waals surface area (Å²) in [6, 6.07) is 8.59. The van der Waals surface area contributed by atoms with Crippen molar-refractivity contribution >= 4 is 21.6 Å². The minimum absolute atomic E-state index is 0.107. The molecule has 0 atom stereocenters. The van der Waals surface area contributed by atoms with Crippen LogP contribution >= 0.6 is 21.6 Å². The summed E-state index contributed by atoms with van der Waals surface area (Å²) < 4.78 is 67.9.